The molecular formula is C9H9ClN2O. The van der Waals surface area contributed by atoms with Gasteiger partial charge in [0, 0.05) is 6.42 Å². The Morgan fingerprint density at radius 3 is 3.08 bits per heavy atom. The molecule has 0 atom stereocenters. The molecule has 1 heterocycles. The first-order valence-electron chi connectivity index (χ1n) is 3.79. The van der Waals surface area contributed by atoms with Gasteiger partial charge in [0.15, 0.2) is 0 Å². The van der Waals surface area contributed by atoms with Crippen molar-refractivity contribution in [1.29, 1.82) is 0 Å². The number of aromatic nitrogens is 2. The first-order valence-corrected chi connectivity index (χ1v) is 4.17. The van der Waals surface area contributed by atoms with Crippen LogP contribution in [0.25, 0.3) is 0 Å². The molecule has 0 bridgehead atoms. The number of ether oxygens (including phenoxy) is 1. The van der Waals surface area contributed by atoms with Gasteiger partial charge in [-0.3, -0.25) is 0 Å². The van der Waals surface area contributed by atoms with E-state index in [2.05, 4.69) is 15.9 Å². The molecule has 3 nitrogen and oxygen atoms in total. The second kappa shape index (κ2) is 4.68. The number of aryl methyl sites for hydroxylation is 1. The minimum absolute atomic E-state index is 0.317. The van der Waals surface area contributed by atoms with Gasteiger partial charge in [0.25, 0.3) is 0 Å². The lowest BCUT2D eigenvalue weighted by molar-refractivity contribution is 0.300. The molecule has 13 heavy (non-hydrogen) atoms. The van der Waals surface area contributed by atoms with Crippen LogP contribution in [-0.4, -0.2) is 16.6 Å². The second-order valence-electron chi connectivity index (χ2n) is 2.39. The highest BCUT2D eigenvalue weighted by molar-refractivity contribution is 6.31. The summed E-state index contributed by atoms with van der Waals surface area (Å²) in [6, 6.07) is 0.317. The molecule has 68 valence electrons. The summed E-state index contributed by atoms with van der Waals surface area (Å²) in [5, 5.41) is 0.532. The van der Waals surface area contributed by atoms with Crippen LogP contribution in [0.2, 0.25) is 5.02 Å². The van der Waals surface area contributed by atoms with E-state index in [1.807, 2.05) is 0 Å². The topological polar surface area (TPSA) is 35.0 Å². The highest BCUT2D eigenvalue weighted by Gasteiger charge is 2.00. The molecule has 0 aliphatic carbocycles. The van der Waals surface area contributed by atoms with Crippen LogP contribution in [0, 0.1) is 19.3 Å². The summed E-state index contributed by atoms with van der Waals surface area (Å²) in [6.07, 6.45) is 7.11. The third-order valence-electron chi connectivity index (χ3n) is 1.37. The molecule has 0 fully saturated rings. The molecule has 0 amide bonds. The second-order valence-corrected chi connectivity index (χ2v) is 2.80. The number of halogens is 1. The smallest absolute Gasteiger partial charge is 0.316 e. The molecule has 0 spiro atoms. The van der Waals surface area contributed by atoms with E-state index >= 15 is 0 Å². The number of hydrogen-bond acceptors (Lipinski definition) is 3. The third-order valence-corrected chi connectivity index (χ3v) is 1.75. The van der Waals surface area contributed by atoms with Crippen molar-refractivity contribution in [3.05, 3.63) is 16.9 Å². The normalized spacial score (nSPS) is 9.31. The molecule has 4 heteroatoms. The molecule has 0 aromatic carbocycles. The van der Waals surface area contributed by atoms with Crippen LogP contribution in [0.1, 0.15) is 12.1 Å². The Morgan fingerprint density at radius 2 is 2.46 bits per heavy atom. The summed E-state index contributed by atoms with van der Waals surface area (Å²) in [5.41, 5.74) is 0.701. The third kappa shape index (κ3) is 2.92. The van der Waals surface area contributed by atoms with Crippen LogP contribution < -0.4 is 4.74 Å². The number of rotatable bonds is 3. The van der Waals surface area contributed by atoms with Crippen molar-refractivity contribution in [2.24, 2.45) is 0 Å². The van der Waals surface area contributed by atoms with E-state index in [0.717, 1.165) is 0 Å². The quantitative estimate of drug-likeness (QED) is 0.547. The summed E-state index contributed by atoms with van der Waals surface area (Å²) < 4.78 is 5.16. The Balaban J connectivity index is 2.59. The van der Waals surface area contributed by atoms with Crippen LogP contribution >= 0.6 is 11.6 Å². The zero-order valence-electron chi connectivity index (χ0n) is 7.25. The van der Waals surface area contributed by atoms with E-state index in [1.54, 1.807) is 6.92 Å². The zero-order chi connectivity index (χ0) is 9.68. The average molecular weight is 197 g/mol. The Labute approximate surface area is 82.1 Å². The van der Waals surface area contributed by atoms with E-state index < -0.39 is 0 Å². The lowest BCUT2D eigenvalue weighted by Crippen LogP contribution is -2.01. The van der Waals surface area contributed by atoms with Crippen LogP contribution in [0.5, 0.6) is 6.01 Å². The van der Waals surface area contributed by atoms with Crippen molar-refractivity contribution < 1.29 is 4.74 Å². The summed E-state index contributed by atoms with van der Waals surface area (Å²) >= 11 is 5.73. The van der Waals surface area contributed by atoms with E-state index in [1.165, 1.54) is 6.20 Å². The predicted molar refractivity (Wildman–Crippen MR) is 50.7 cm³/mol. The molecule has 0 radical (unpaired) electrons. The summed E-state index contributed by atoms with van der Waals surface area (Å²) in [7, 11) is 0. The van der Waals surface area contributed by atoms with E-state index in [9.17, 15) is 0 Å². The van der Waals surface area contributed by atoms with Crippen molar-refractivity contribution in [2.75, 3.05) is 6.61 Å². The van der Waals surface area contributed by atoms with Gasteiger partial charge in [-0.15, -0.1) is 12.3 Å². The highest BCUT2D eigenvalue weighted by atomic mass is 35.5. The van der Waals surface area contributed by atoms with Crippen molar-refractivity contribution in [3.63, 3.8) is 0 Å². The SMILES string of the molecule is C#CCCOc1ncc(Cl)c(C)n1. The average Bonchev–Trinajstić information content (AvgIpc) is 2.12. The maximum Gasteiger partial charge on any atom is 0.316 e. The Kier molecular flexibility index (Phi) is 3.53. The summed E-state index contributed by atoms with van der Waals surface area (Å²) in [4.78, 5) is 7.89. The van der Waals surface area contributed by atoms with Gasteiger partial charge < -0.3 is 4.74 Å². The van der Waals surface area contributed by atoms with Gasteiger partial charge in [-0.25, -0.2) is 4.98 Å². The first-order chi connectivity index (χ1) is 6.24. The fourth-order valence-electron chi connectivity index (χ4n) is 0.702. The van der Waals surface area contributed by atoms with Crippen molar-refractivity contribution in [2.45, 2.75) is 13.3 Å². The van der Waals surface area contributed by atoms with Crippen molar-refractivity contribution in [3.8, 4) is 18.4 Å². The molecule has 0 unspecified atom stereocenters. The van der Waals surface area contributed by atoms with Gasteiger partial charge in [0.1, 0.15) is 6.61 Å². The van der Waals surface area contributed by atoms with Crippen LogP contribution in [0.4, 0.5) is 0 Å². The fourth-order valence-corrected chi connectivity index (χ4v) is 0.793. The highest BCUT2D eigenvalue weighted by Crippen LogP contribution is 2.13. The fraction of sp³-hybridized carbons (Fsp3) is 0.333. The predicted octanol–water partition coefficient (Wildman–Crippen LogP) is 1.84. The maximum absolute atomic E-state index is 5.73. The molecule has 0 saturated heterocycles. The molecular weight excluding hydrogens is 188 g/mol. The summed E-state index contributed by atoms with van der Waals surface area (Å²) in [5.74, 6) is 2.46. The Hall–Kier alpha value is -1.27. The van der Waals surface area contributed by atoms with Gasteiger partial charge >= 0.3 is 6.01 Å². The molecule has 1 aromatic rings. The summed E-state index contributed by atoms with van der Waals surface area (Å²) in [6.45, 7) is 2.22. The van der Waals surface area contributed by atoms with Crippen LogP contribution in [0.3, 0.4) is 0 Å². The van der Waals surface area contributed by atoms with Gasteiger partial charge in [-0.2, -0.15) is 4.98 Å². The largest absolute Gasteiger partial charge is 0.462 e. The van der Waals surface area contributed by atoms with Crippen LogP contribution in [-0.2, 0) is 0 Å². The van der Waals surface area contributed by atoms with Gasteiger partial charge in [-0.1, -0.05) is 11.6 Å². The monoisotopic (exact) mass is 196 g/mol. The molecule has 0 aliphatic heterocycles. The zero-order valence-corrected chi connectivity index (χ0v) is 8.01. The van der Waals surface area contributed by atoms with E-state index in [0.29, 0.717) is 29.8 Å². The first kappa shape index (κ1) is 9.82. The number of terminal acetylenes is 1. The Morgan fingerprint density at radius 1 is 1.69 bits per heavy atom. The lowest BCUT2D eigenvalue weighted by Gasteiger charge is -2.02. The van der Waals surface area contributed by atoms with Gasteiger partial charge in [0.05, 0.1) is 16.9 Å². The maximum atomic E-state index is 5.73. The van der Waals surface area contributed by atoms with Crippen molar-refractivity contribution in [1.82, 2.24) is 9.97 Å². The Bertz CT molecular complexity index is 333. The minimum Gasteiger partial charge on any atom is -0.462 e. The molecule has 1 aromatic heterocycles. The van der Waals surface area contributed by atoms with Gasteiger partial charge in [0.2, 0.25) is 0 Å². The lowest BCUT2D eigenvalue weighted by atomic mass is 10.4. The van der Waals surface area contributed by atoms with E-state index in [4.69, 9.17) is 22.8 Å². The molecule has 0 N–H and O–H groups in total. The molecule has 1 rings (SSSR count). The molecule has 0 saturated carbocycles. The molecule has 0 aliphatic rings. The van der Waals surface area contributed by atoms with Crippen LogP contribution in [0.15, 0.2) is 6.20 Å². The van der Waals surface area contributed by atoms with Crippen molar-refractivity contribution >= 4 is 11.6 Å². The van der Waals surface area contributed by atoms with Gasteiger partial charge in [-0.05, 0) is 6.92 Å². The minimum atomic E-state index is 0.317. The standard InChI is InChI=1S/C9H9ClN2O/c1-3-4-5-13-9-11-6-8(10)7(2)12-9/h1,6H,4-5H2,2H3. The number of hydrogen-bond donors (Lipinski definition) is 0. The van der Waals surface area contributed by atoms with E-state index in [-0.39, 0.29) is 0 Å². The number of nitrogens with zero attached hydrogens (tertiary/aromatic N) is 2.